The lowest BCUT2D eigenvalue weighted by Gasteiger charge is -2.30. The Labute approximate surface area is 250 Å². The Balaban J connectivity index is 2.07. The Morgan fingerprint density at radius 1 is 1.07 bits per heavy atom. The molecule has 0 saturated carbocycles. The molecule has 0 spiro atoms. The van der Waals surface area contributed by atoms with Gasteiger partial charge in [-0.3, -0.25) is 23.7 Å². The molecule has 3 heterocycles. The second-order valence-electron chi connectivity index (χ2n) is 10.5. The molecule has 1 amide bonds. The topological polar surface area (TPSA) is 284 Å². The number of primary amides is 1. The van der Waals surface area contributed by atoms with Crippen LogP contribution in [0.3, 0.4) is 0 Å². The molecule has 21 heteroatoms. The van der Waals surface area contributed by atoms with Crippen molar-refractivity contribution < 1.29 is 47.8 Å². The lowest BCUT2D eigenvalue weighted by atomic mass is 10.1. The average Bonchev–Trinajstić information content (AvgIpc) is 3.34. The van der Waals surface area contributed by atoms with Crippen molar-refractivity contribution in [1.82, 2.24) is 34.9 Å². The minimum absolute atomic E-state index is 0.152. The van der Waals surface area contributed by atoms with Gasteiger partial charge in [-0.05, 0) is 27.7 Å². The molecule has 0 radical (unpaired) electrons. The van der Waals surface area contributed by atoms with Gasteiger partial charge < -0.3 is 35.5 Å². The molecule has 1 aliphatic heterocycles. The third kappa shape index (κ3) is 7.75. The van der Waals surface area contributed by atoms with E-state index in [1.165, 1.54) is 0 Å². The number of esters is 2. The van der Waals surface area contributed by atoms with Gasteiger partial charge in [0.25, 0.3) is 13.0 Å². The number of hydrogen-bond donors (Lipinski definition) is 5. The maximum absolute atomic E-state index is 13.8. The molecule has 3 rings (SSSR count). The fraction of sp³-hybridized carbons (Fsp3) is 0.652. The monoisotopic (exact) mass is 645 g/mol. The molecule has 244 valence electrons. The largest absolute Gasteiger partial charge is 0.479 e. The number of amides is 1. The summed E-state index contributed by atoms with van der Waals surface area (Å²) in [7, 11) is -3.97. The Hall–Kier alpha value is -3.97. The van der Waals surface area contributed by atoms with Gasteiger partial charge in [-0.1, -0.05) is 5.21 Å². The van der Waals surface area contributed by atoms with E-state index in [0.29, 0.717) is 4.68 Å². The van der Waals surface area contributed by atoms with Crippen LogP contribution < -0.4 is 27.2 Å². The number of rotatable bonds is 14. The van der Waals surface area contributed by atoms with Gasteiger partial charge in [-0.25, -0.2) is 19.7 Å². The summed E-state index contributed by atoms with van der Waals surface area (Å²) < 4.78 is 37.7. The van der Waals surface area contributed by atoms with Crippen molar-refractivity contribution in [1.29, 1.82) is 0 Å². The van der Waals surface area contributed by atoms with Crippen LogP contribution in [0.1, 0.15) is 47.8 Å². The molecule has 7 N–H and O–H groups in total. The van der Waals surface area contributed by atoms with Crippen molar-refractivity contribution in [3.63, 3.8) is 0 Å². The molecule has 5 atom stereocenters. The summed E-state index contributed by atoms with van der Waals surface area (Å²) >= 11 is 0. The van der Waals surface area contributed by atoms with Crippen LogP contribution >= 0.6 is 7.44 Å². The number of nitrogen functional groups attached to an aromatic ring is 1. The van der Waals surface area contributed by atoms with E-state index in [1.54, 1.807) is 27.7 Å². The number of carbonyl (C=O) groups excluding carboxylic acids is 3. The molecule has 1 saturated heterocycles. The van der Waals surface area contributed by atoms with E-state index in [0.717, 1.165) is 18.5 Å². The highest BCUT2D eigenvalue weighted by Crippen LogP contribution is 2.45. The molecule has 20 nitrogen and oxygen atoms in total. The lowest BCUT2D eigenvalue weighted by Crippen LogP contribution is -2.44. The van der Waals surface area contributed by atoms with E-state index in [2.05, 4.69) is 25.6 Å². The number of fused-ring (bicyclic) bond motifs is 1. The van der Waals surface area contributed by atoms with Gasteiger partial charge in [0.2, 0.25) is 11.8 Å². The van der Waals surface area contributed by atoms with Crippen LogP contribution in [0.2, 0.25) is 0 Å². The first kappa shape index (κ1) is 34.5. The van der Waals surface area contributed by atoms with Crippen LogP contribution in [0, 0.1) is 0 Å². The van der Waals surface area contributed by atoms with Gasteiger partial charge in [-0.2, -0.15) is 9.78 Å². The van der Waals surface area contributed by atoms with Gasteiger partial charge in [-0.15, -0.1) is 5.10 Å². The minimum atomic E-state index is -3.97. The highest BCUT2D eigenvalue weighted by atomic mass is 31.2. The van der Waals surface area contributed by atoms with Crippen LogP contribution in [0.15, 0.2) is 4.79 Å². The number of aromatic nitrogens is 5. The smallest absolute Gasteiger partial charge is 0.343 e. The van der Waals surface area contributed by atoms with Crippen molar-refractivity contribution in [2.75, 3.05) is 12.3 Å². The molecular weight excluding hydrogens is 609 g/mol. The van der Waals surface area contributed by atoms with Crippen LogP contribution in [-0.2, 0) is 49.2 Å². The van der Waals surface area contributed by atoms with Gasteiger partial charge in [0, 0.05) is 25.9 Å². The zero-order valence-corrected chi connectivity index (χ0v) is 25.7. The maximum Gasteiger partial charge on any atom is 0.343 e. The summed E-state index contributed by atoms with van der Waals surface area (Å²) in [6.45, 7) is 7.57. The molecule has 0 bridgehead atoms. The molecule has 0 aromatic carbocycles. The highest BCUT2D eigenvalue weighted by molar-refractivity contribution is 7.61. The first-order valence-electron chi connectivity index (χ1n) is 13.3. The molecule has 2 aromatic heterocycles. The van der Waals surface area contributed by atoms with Gasteiger partial charge in [0.05, 0.1) is 6.61 Å². The van der Waals surface area contributed by atoms with E-state index in [-0.39, 0.29) is 16.9 Å². The number of nitrogens with two attached hydrogens (primary N) is 2. The Morgan fingerprint density at radius 3 is 2.14 bits per heavy atom. The number of nitrogens with zero attached hydrogens (tertiary/aromatic N) is 5. The second-order valence-corrected chi connectivity index (χ2v) is 12.8. The first-order valence-corrected chi connectivity index (χ1v) is 15.1. The average molecular weight is 646 g/mol. The maximum atomic E-state index is 13.8. The zero-order valence-electron chi connectivity index (χ0n) is 24.8. The third-order valence-corrected chi connectivity index (χ3v) is 8.73. The molecule has 2 aromatic rings. The molecule has 0 aliphatic carbocycles. The summed E-state index contributed by atoms with van der Waals surface area (Å²) in [5.41, 5.74) is 9.69. The number of ether oxygens (including phenoxy) is 4. The summed E-state index contributed by atoms with van der Waals surface area (Å²) in [5, 5.41) is 27.0. The minimum Gasteiger partial charge on any atom is -0.479 e. The Bertz CT molecular complexity index is 1510. The number of carboxylic acids is 1. The van der Waals surface area contributed by atoms with E-state index in [9.17, 15) is 33.6 Å². The normalized spacial score (nSPS) is 21.1. The fourth-order valence-corrected chi connectivity index (χ4v) is 7.09. The van der Waals surface area contributed by atoms with E-state index in [4.69, 9.17) is 30.4 Å². The predicted octanol–water partition coefficient (Wildman–Crippen LogP) is -1.57. The summed E-state index contributed by atoms with van der Waals surface area (Å²) in [5.74, 6) is -6.28. The number of hydrogen-bond acceptors (Lipinski definition) is 14. The number of anilines is 1. The summed E-state index contributed by atoms with van der Waals surface area (Å²) in [6, 6.07) is -0.826. The fourth-order valence-electron chi connectivity index (χ4n) is 4.60. The quantitative estimate of drug-likeness (QED) is 0.115. The molecule has 1 fully saturated rings. The van der Waals surface area contributed by atoms with Crippen LogP contribution in [-0.4, -0.2) is 96.5 Å². The van der Waals surface area contributed by atoms with Crippen molar-refractivity contribution in [2.45, 2.75) is 90.6 Å². The Morgan fingerprint density at radius 2 is 1.64 bits per heavy atom. The zero-order chi connectivity index (χ0) is 33.1. The van der Waals surface area contributed by atoms with E-state index < -0.39 is 92.4 Å². The number of carbonyl (C=O) groups is 4. The van der Waals surface area contributed by atoms with Crippen LogP contribution in [0.5, 0.6) is 0 Å². The van der Waals surface area contributed by atoms with E-state index >= 15 is 0 Å². The molecule has 1 aliphatic rings. The van der Waals surface area contributed by atoms with Crippen LogP contribution in [0.4, 0.5) is 5.82 Å². The van der Waals surface area contributed by atoms with Gasteiger partial charge in [0.15, 0.2) is 35.3 Å². The first-order chi connectivity index (χ1) is 20.4. The summed E-state index contributed by atoms with van der Waals surface area (Å²) in [4.78, 5) is 61.6. The van der Waals surface area contributed by atoms with Gasteiger partial charge >= 0.3 is 17.9 Å². The standard InChI is InChI=1S/C23H36N9O11P/c1-9(2)28-44(39,29-10(3)4)23(22(37)38)40-8-13-17(41-11(5)33)18(42-12(6)34)21(43-13)32-20(36)16-15(26-30-32)19(25)27-31(16)7-14(24)35/h9-10,13,17-18,21,23H,7-8H2,1-6H3,(H2,24,35)(H2,25,27)(H,37,38)(H2,28,29,39). The van der Waals surface area contributed by atoms with Crippen molar-refractivity contribution in [3.05, 3.63) is 10.4 Å². The summed E-state index contributed by atoms with van der Waals surface area (Å²) in [6.07, 6.45) is -5.99. The molecular formula is C23H36N9O11P. The van der Waals surface area contributed by atoms with Crippen molar-refractivity contribution >= 4 is 48.1 Å². The number of nitrogens with one attached hydrogen (secondary N) is 2. The third-order valence-electron chi connectivity index (χ3n) is 5.90. The van der Waals surface area contributed by atoms with E-state index in [1.807, 2.05) is 0 Å². The van der Waals surface area contributed by atoms with Crippen molar-refractivity contribution in [2.24, 2.45) is 5.73 Å². The molecule has 44 heavy (non-hydrogen) atoms. The second kappa shape index (κ2) is 13.8. The lowest BCUT2D eigenvalue weighted by molar-refractivity contribution is -0.166. The number of carboxylic acid groups (broad SMARTS) is 1. The highest BCUT2D eigenvalue weighted by Gasteiger charge is 2.52. The predicted molar refractivity (Wildman–Crippen MR) is 150 cm³/mol. The SMILES string of the molecule is CC(=O)OC1C(COC(C(=O)O)P(=O)(NC(C)C)NC(C)C)OC(n2nnc3c(N)nn(CC(N)=O)c3c2=O)C1OC(C)=O. The Kier molecular flexibility index (Phi) is 10.8. The van der Waals surface area contributed by atoms with Crippen LogP contribution in [0.25, 0.3) is 11.0 Å². The van der Waals surface area contributed by atoms with Crippen molar-refractivity contribution in [3.8, 4) is 0 Å². The van der Waals surface area contributed by atoms with Gasteiger partial charge in [0.1, 0.15) is 12.6 Å². The number of aliphatic carboxylic acids is 1. The molecule has 5 unspecified atom stereocenters.